The predicted molar refractivity (Wildman–Crippen MR) is 91.6 cm³/mol. The van der Waals surface area contributed by atoms with E-state index in [2.05, 4.69) is 15.0 Å². The third kappa shape index (κ3) is 5.15. The molecule has 3 rings (SSSR count). The van der Waals surface area contributed by atoms with Crippen molar-refractivity contribution in [3.05, 3.63) is 41.2 Å². The van der Waals surface area contributed by atoms with E-state index in [1.54, 1.807) is 6.92 Å². The molecule has 28 heavy (non-hydrogen) atoms. The molecule has 0 saturated heterocycles. The molecule has 0 saturated carbocycles. The van der Waals surface area contributed by atoms with E-state index in [9.17, 15) is 14.1 Å². The summed E-state index contributed by atoms with van der Waals surface area (Å²) in [5.41, 5.74) is 1.36. The molecule has 2 aromatic heterocycles. The SMILES string of the molecule is [2H]C([2H])([2H])Oc1ccc2[n-]c(S(=O)Cc3ncc(C(=O)[O-])c(OC)c3C)nc2c1.[Na+].[Na+]. The van der Waals surface area contributed by atoms with Gasteiger partial charge in [-0.25, -0.2) is 0 Å². The summed E-state index contributed by atoms with van der Waals surface area (Å²) in [6.45, 7) is 1.60. The molecule has 0 aliphatic heterocycles. The Morgan fingerprint density at radius 3 is 2.75 bits per heavy atom. The monoisotopic (exact) mass is 422 g/mol. The number of hydrogen-bond acceptors (Lipinski definition) is 7. The second-order valence-corrected chi connectivity index (χ2v) is 6.66. The number of nitrogens with zero attached hydrogens (tertiary/aromatic N) is 3. The van der Waals surface area contributed by atoms with Gasteiger partial charge in [0.1, 0.15) is 11.5 Å². The zero-order valence-corrected chi connectivity index (χ0v) is 20.6. The Morgan fingerprint density at radius 1 is 1.36 bits per heavy atom. The Kier molecular flexibility index (Phi) is 7.79. The van der Waals surface area contributed by atoms with Crippen LogP contribution in [0.1, 0.15) is 25.7 Å². The number of imidazole rings is 1. The number of hydrogen-bond donors (Lipinski definition) is 0. The number of carbonyl (C=O) groups is 1. The van der Waals surface area contributed by atoms with Gasteiger partial charge in [0.15, 0.2) is 0 Å². The first kappa shape index (κ1) is 20.3. The van der Waals surface area contributed by atoms with Crippen molar-refractivity contribution in [2.75, 3.05) is 14.1 Å². The third-order valence-electron chi connectivity index (χ3n) is 3.76. The zero-order valence-electron chi connectivity index (χ0n) is 18.8. The molecule has 0 fully saturated rings. The molecule has 1 aromatic carbocycles. The van der Waals surface area contributed by atoms with Crippen molar-refractivity contribution in [3.8, 4) is 11.5 Å². The van der Waals surface area contributed by atoms with Gasteiger partial charge >= 0.3 is 59.1 Å². The predicted octanol–water partition coefficient (Wildman–Crippen LogP) is -5.41. The van der Waals surface area contributed by atoms with Gasteiger partial charge in [-0.15, -0.1) is 0 Å². The fourth-order valence-electron chi connectivity index (χ4n) is 2.46. The summed E-state index contributed by atoms with van der Waals surface area (Å²) in [6, 6.07) is 4.35. The van der Waals surface area contributed by atoms with Gasteiger partial charge in [0.25, 0.3) is 0 Å². The Balaban J connectivity index is 0.00000240. The molecule has 136 valence electrons. The Morgan fingerprint density at radius 2 is 2.11 bits per heavy atom. The molecule has 2 heterocycles. The number of rotatable bonds is 6. The van der Waals surface area contributed by atoms with Gasteiger partial charge in [-0.2, -0.15) is 0 Å². The summed E-state index contributed by atoms with van der Waals surface area (Å²) in [4.78, 5) is 23.6. The number of carbonyl (C=O) groups excluding carboxylic acids is 1. The van der Waals surface area contributed by atoms with Crippen LogP contribution in [0.4, 0.5) is 0 Å². The van der Waals surface area contributed by atoms with Gasteiger partial charge in [0.2, 0.25) is 0 Å². The molecular weight excluding hydrogens is 404 g/mol. The summed E-state index contributed by atoms with van der Waals surface area (Å²) in [7, 11) is -2.96. The van der Waals surface area contributed by atoms with Crippen molar-refractivity contribution in [1.29, 1.82) is 0 Å². The van der Waals surface area contributed by atoms with Crippen LogP contribution < -0.4 is 78.7 Å². The van der Waals surface area contributed by atoms with Crippen molar-refractivity contribution >= 4 is 27.8 Å². The minimum absolute atomic E-state index is 0. The number of ether oxygens (including phenoxy) is 2. The fourth-order valence-corrected chi connectivity index (χ4v) is 3.53. The van der Waals surface area contributed by atoms with Gasteiger partial charge < -0.3 is 29.3 Å². The minimum atomic E-state index is -2.60. The average Bonchev–Trinajstić information content (AvgIpc) is 3.05. The first-order chi connectivity index (χ1) is 13.6. The van der Waals surface area contributed by atoms with Crippen LogP contribution in [0.15, 0.2) is 29.6 Å². The summed E-state index contributed by atoms with van der Waals surface area (Å²) in [5, 5.41) is 11.2. The number of fused-ring (bicyclic) bond motifs is 1. The smallest absolute Gasteiger partial charge is 0.545 e. The second-order valence-electron chi connectivity index (χ2n) is 5.31. The van der Waals surface area contributed by atoms with Gasteiger partial charge in [-0.3, -0.25) is 9.19 Å². The van der Waals surface area contributed by atoms with Gasteiger partial charge in [-0.1, -0.05) is 6.07 Å². The fraction of sp³-hybridized carbons (Fsp3) is 0.235. The zero-order chi connectivity index (χ0) is 21.3. The average molecular weight is 422 g/mol. The van der Waals surface area contributed by atoms with Crippen LogP contribution in [0.5, 0.6) is 11.5 Å². The van der Waals surface area contributed by atoms with Crippen LogP contribution in [0.25, 0.3) is 11.0 Å². The van der Waals surface area contributed by atoms with E-state index < -0.39 is 23.8 Å². The maximum Gasteiger partial charge on any atom is 1.00 e. The second kappa shape index (κ2) is 10.7. The van der Waals surface area contributed by atoms with Crippen LogP contribution in [0.3, 0.4) is 0 Å². The summed E-state index contributed by atoms with van der Waals surface area (Å²) in [5.74, 6) is -1.31. The largest absolute Gasteiger partial charge is 1.00 e. The van der Waals surface area contributed by atoms with Crippen LogP contribution in [0.2, 0.25) is 0 Å². The number of carboxylic acids is 1. The topological polar surface area (TPSA) is 116 Å². The molecular formula is C17H15N3Na2O5S. The number of aromatic carboxylic acids is 1. The van der Waals surface area contributed by atoms with Crippen LogP contribution >= 0.6 is 0 Å². The van der Waals surface area contributed by atoms with Crippen molar-refractivity contribution in [3.63, 3.8) is 0 Å². The molecule has 0 spiro atoms. The Labute approximate surface area is 212 Å². The van der Waals surface area contributed by atoms with E-state index in [0.29, 0.717) is 22.3 Å². The van der Waals surface area contributed by atoms with Gasteiger partial charge in [0, 0.05) is 16.9 Å². The van der Waals surface area contributed by atoms with E-state index in [1.165, 1.54) is 25.3 Å². The standard InChI is InChI=1S/C17H17N3O5S.2Na/c1-9-14(18-7-11(16(21)22)15(9)25-3)8-26(23)17-19-12-5-4-10(24-2)6-13(12)20-17;;/h4-7H,8H2,1-3H3,(H2,19,20,21,22);;/q;2*+1/p-2/i2D3;;. The van der Waals surface area contributed by atoms with Crippen molar-refractivity contribution in [1.82, 2.24) is 15.0 Å². The number of pyridine rings is 1. The minimum Gasteiger partial charge on any atom is -0.545 e. The van der Waals surface area contributed by atoms with Crippen LogP contribution in [-0.2, 0) is 16.6 Å². The molecule has 0 bridgehead atoms. The number of aromatic nitrogens is 3. The van der Waals surface area contributed by atoms with E-state index in [-0.39, 0.29) is 87.1 Å². The molecule has 1 unspecified atom stereocenters. The van der Waals surface area contributed by atoms with E-state index in [0.717, 1.165) is 6.20 Å². The summed E-state index contributed by atoms with van der Waals surface area (Å²) < 4.78 is 44.1. The van der Waals surface area contributed by atoms with Crippen molar-refractivity contribution in [2.24, 2.45) is 0 Å². The maximum atomic E-state index is 12.7. The molecule has 0 aliphatic carbocycles. The number of carboxylic acid groups (broad SMARTS) is 1. The number of benzene rings is 1. The molecule has 0 radical (unpaired) electrons. The number of methoxy groups -OCH3 is 2. The normalized spacial score (nSPS) is 13.3. The first-order valence-corrected chi connectivity index (χ1v) is 8.66. The molecule has 0 aliphatic rings. The molecule has 1 atom stereocenters. The van der Waals surface area contributed by atoms with E-state index >= 15 is 0 Å². The van der Waals surface area contributed by atoms with Crippen molar-refractivity contribution < 1.29 is 86.8 Å². The Hall–Kier alpha value is -0.940. The Bertz CT molecular complexity index is 1120. The molecule has 11 heteroatoms. The van der Waals surface area contributed by atoms with Gasteiger partial charge in [0.05, 0.1) is 52.0 Å². The third-order valence-corrected chi connectivity index (χ3v) is 4.89. The van der Waals surface area contributed by atoms with Gasteiger partial charge in [-0.05, 0) is 30.1 Å². The molecule has 8 nitrogen and oxygen atoms in total. The maximum absolute atomic E-state index is 12.7. The molecule has 0 N–H and O–H groups in total. The summed E-state index contributed by atoms with van der Waals surface area (Å²) >= 11 is 0. The van der Waals surface area contributed by atoms with E-state index in [4.69, 9.17) is 13.6 Å². The molecule has 0 amide bonds. The summed E-state index contributed by atoms with van der Waals surface area (Å²) in [6.07, 6.45) is 1.09. The molecule has 3 aromatic rings. The van der Waals surface area contributed by atoms with Crippen molar-refractivity contribution in [2.45, 2.75) is 17.8 Å². The first-order valence-electron chi connectivity index (χ1n) is 8.84. The van der Waals surface area contributed by atoms with Crippen LogP contribution in [-0.4, -0.2) is 34.3 Å². The quantitative estimate of drug-likeness (QED) is 0.362. The van der Waals surface area contributed by atoms with Crippen LogP contribution in [0, 0.1) is 6.92 Å². The van der Waals surface area contributed by atoms with E-state index in [1.807, 2.05) is 0 Å².